The highest BCUT2D eigenvalue weighted by atomic mass is 16.2. The van der Waals surface area contributed by atoms with E-state index in [0.29, 0.717) is 25.9 Å². The lowest BCUT2D eigenvalue weighted by molar-refractivity contribution is -0.130. The average Bonchev–Trinajstić information content (AvgIpc) is 2.51. The number of urea groups is 1. The maximum Gasteiger partial charge on any atom is 0.325 e. The van der Waals surface area contributed by atoms with E-state index in [2.05, 4.69) is 16.0 Å². The number of hydrogen-bond acceptors (Lipinski definition) is 4. The lowest BCUT2D eigenvalue weighted by Crippen LogP contribution is -2.40. The van der Waals surface area contributed by atoms with Gasteiger partial charge < -0.3 is 16.0 Å². The van der Waals surface area contributed by atoms with Crippen LogP contribution in [-0.4, -0.2) is 55.0 Å². The Bertz CT molecular complexity index is 368. The number of hydrogen-bond donors (Lipinski definition) is 3. The quantitative estimate of drug-likeness (QED) is 0.427. The number of carbonyl (C=O) groups excluding carboxylic acids is 3. The molecule has 0 aromatic heterocycles. The van der Waals surface area contributed by atoms with Crippen molar-refractivity contribution in [2.75, 3.05) is 26.7 Å². The van der Waals surface area contributed by atoms with Gasteiger partial charge in [-0.05, 0) is 27.3 Å². The zero-order valence-electron chi connectivity index (χ0n) is 11.7. The Morgan fingerprint density at radius 1 is 1.32 bits per heavy atom. The summed E-state index contributed by atoms with van der Waals surface area (Å²) in [7, 11) is 1.81. The van der Waals surface area contributed by atoms with Crippen molar-refractivity contribution in [2.24, 2.45) is 0 Å². The molecule has 0 atom stereocenters. The molecule has 1 aliphatic heterocycles. The average molecular weight is 270 g/mol. The molecule has 1 heterocycles. The number of nitrogens with one attached hydrogen (secondary N) is 3. The van der Waals surface area contributed by atoms with E-state index in [4.69, 9.17) is 0 Å². The van der Waals surface area contributed by atoms with Crippen LogP contribution in [0.5, 0.6) is 0 Å². The van der Waals surface area contributed by atoms with E-state index < -0.39 is 5.54 Å². The molecule has 0 bridgehead atoms. The first kappa shape index (κ1) is 15.4. The highest BCUT2D eigenvalue weighted by Gasteiger charge is 2.43. The molecule has 0 radical (unpaired) electrons. The first-order valence-electron chi connectivity index (χ1n) is 6.44. The van der Waals surface area contributed by atoms with Crippen LogP contribution in [0.4, 0.5) is 4.79 Å². The van der Waals surface area contributed by atoms with Gasteiger partial charge in [0.2, 0.25) is 5.91 Å². The molecule has 0 aromatic rings. The van der Waals surface area contributed by atoms with Crippen LogP contribution >= 0.6 is 0 Å². The number of imide groups is 1. The molecular weight excluding hydrogens is 248 g/mol. The van der Waals surface area contributed by atoms with Crippen molar-refractivity contribution in [3.8, 4) is 0 Å². The molecule has 7 heteroatoms. The SMILES string of the molecule is CNCCNC(=O)CCCN1C(=O)NC(C)(C)C1=O. The third-order valence-electron chi connectivity index (χ3n) is 2.93. The van der Waals surface area contributed by atoms with Crippen molar-refractivity contribution < 1.29 is 14.4 Å². The van der Waals surface area contributed by atoms with Crippen LogP contribution in [0, 0.1) is 0 Å². The van der Waals surface area contributed by atoms with Crippen molar-refractivity contribution in [1.29, 1.82) is 0 Å². The second-order valence-electron chi connectivity index (χ2n) is 5.07. The fraction of sp³-hybridized carbons (Fsp3) is 0.750. The van der Waals surface area contributed by atoms with Crippen LogP contribution < -0.4 is 16.0 Å². The monoisotopic (exact) mass is 270 g/mol. The zero-order valence-corrected chi connectivity index (χ0v) is 11.7. The van der Waals surface area contributed by atoms with Gasteiger partial charge in [0.15, 0.2) is 0 Å². The summed E-state index contributed by atoms with van der Waals surface area (Å²) in [5, 5.41) is 8.27. The van der Waals surface area contributed by atoms with E-state index in [1.165, 1.54) is 4.90 Å². The Morgan fingerprint density at radius 2 is 2.00 bits per heavy atom. The molecule has 1 aliphatic rings. The lowest BCUT2D eigenvalue weighted by Gasteiger charge is -2.15. The van der Waals surface area contributed by atoms with Gasteiger partial charge in [-0.3, -0.25) is 14.5 Å². The summed E-state index contributed by atoms with van der Waals surface area (Å²) >= 11 is 0. The van der Waals surface area contributed by atoms with E-state index in [0.717, 1.165) is 0 Å². The largest absolute Gasteiger partial charge is 0.355 e. The van der Waals surface area contributed by atoms with Gasteiger partial charge in [-0.25, -0.2) is 4.79 Å². The molecule has 0 aromatic carbocycles. The molecule has 1 rings (SSSR count). The molecular formula is C12H22N4O3. The first-order valence-corrected chi connectivity index (χ1v) is 6.44. The summed E-state index contributed by atoms with van der Waals surface area (Å²) in [6, 6.07) is -0.384. The van der Waals surface area contributed by atoms with E-state index in [1.807, 2.05) is 7.05 Å². The van der Waals surface area contributed by atoms with Crippen molar-refractivity contribution in [3.05, 3.63) is 0 Å². The normalized spacial score (nSPS) is 17.5. The fourth-order valence-corrected chi connectivity index (χ4v) is 1.83. The molecule has 0 aliphatic carbocycles. The van der Waals surface area contributed by atoms with Crippen molar-refractivity contribution in [3.63, 3.8) is 0 Å². The van der Waals surface area contributed by atoms with Gasteiger partial charge >= 0.3 is 6.03 Å². The number of carbonyl (C=O) groups is 3. The summed E-state index contributed by atoms with van der Waals surface area (Å²) in [5.74, 6) is -0.311. The molecule has 7 nitrogen and oxygen atoms in total. The number of rotatable bonds is 7. The maximum atomic E-state index is 11.9. The summed E-state index contributed by atoms with van der Waals surface area (Å²) < 4.78 is 0. The molecule has 1 saturated heterocycles. The molecule has 19 heavy (non-hydrogen) atoms. The van der Waals surface area contributed by atoms with Crippen molar-refractivity contribution >= 4 is 17.8 Å². The van der Waals surface area contributed by atoms with Crippen LogP contribution in [0.1, 0.15) is 26.7 Å². The summed E-state index contributed by atoms with van der Waals surface area (Å²) in [6.07, 6.45) is 0.780. The van der Waals surface area contributed by atoms with E-state index in [-0.39, 0.29) is 24.4 Å². The second-order valence-corrected chi connectivity index (χ2v) is 5.07. The number of nitrogens with zero attached hydrogens (tertiary/aromatic N) is 1. The van der Waals surface area contributed by atoms with Crippen LogP contribution in [-0.2, 0) is 9.59 Å². The second kappa shape index (κ2) is 6.51. The molecule has 1 fully saturated rings. The molecule has 108 valence electrons. The third kappa shape index (κ3) is 4.20. The minimum atomic E-state index is -0.841. The van der Waals surface area contributed by atoms with Crippen LogP contribution in [0.15, 0.2) is 0 Å². The molecule has 0 unspecified atom stereocenters. The number of likely N-dealkylation sites (N-methyl/N-ethyl adjacent to an activating group) is 1. The molecule has 3 N–H and O–H groups in total. The highest BCUT2D eigenvalue weighted by Crippen LogP contribution is 2.16. The zero-order chi connectivity index (χ0) is 14.5. The van der Waals surface area contributed by atoms with E-state index >= 15 is 0 Å². The molecule has 4 amide bonds. The summed E-state index contributed by atoms with van der Waals surface area (Å²) in [4.78, 5) is 36.0. The Labute approximate surface area is 113 Å². The van der Waals surface area contributed by atoms with Gasteiger partial charge in [0.1, 0.15) is 5.54 Å². The van der Waals surface area contributed by atoms with Gasteiger partial charge in [0.25, 0.3) is 5.91 Å². The summed E-state index contributed by atoms with van der Waals surface area (Å²) in [6.45, 7) is 4.89. The van der Waals surface area contributed by atoms with Gasteiger partial charge in [-0.2, -0.15) is 0 Å². The fourth-order valence-electron chi connectivity index (χ4n) is 1.83. The molecule has 0 saturated carbocycles. The van der Waals surface area contributed by atoms with Crippen LogP contribution in [0.2, 0.25) is 0 Å². The minimum Gasteiger partial charge on any atom is -0.355 e. The number of amides is 4. The van der Waals surface area contributed by atoms with Gasteiger partial charge in [0.05, 0.1) is 0 Å². The Morgan fingerprint density at radius 3 is 2.53 bits per heavy atom. The van der Waals surface area contributed by atoms with Gasteiger partial charge in [0, 0.05) is 26.1 Å². The standard InChI is InChI=1S/C12H22N4O3/c1-12(2)10(18)16(11(19)15-12)8-4-5-9(17)14-7-6-13-3/h13H,4-8H2,1-3H3,(H,14,17)(H,15,19). The van der Waals surface area contributed by atoms with Gasteiger partial charge in [-0.15, -0.1) is 0 Å². The Balaban J connectivity index is 2.28. The predicted octanol–water partition coefficient (Wildman–Crippen LogP) is -0.567. The Kier molecular flexibility index (Phi) is 5.29. The Hall–Kier alpha value is -1.63. The van der Waals surface area contributed by atoms with Crippen LogP contribution in [0.3, 0.4) is 0 Å². The summed E-state index contributed by atoms with van der Waals surface area (Å²) in [5.41, 5.74) is -0.841. The molecule has 0 spiro atoms. The smallest absolute Gasteiger partial charge is 0.325 e. The van der Waals surface area contributed by atoms with E-state index in [9.17, 15) is 14.4 Å². The van der Waals surface area contributed by atoms with Crippen molar-refractivity contribution in [1.82, 2.24) is 20.9 Å². The topological polar surface area (TPSA) is 90.5 Å². The van der Waals surface area contributed by atoms with E-state index in [1.54, 1.807) is 13.8 Å². The van der Waals surface area contributed by atoms with Crippen molar-refractivity contribution in [2.45, 2.75) is 32.2 Å². The minimum absolute atomic E-state index is 0.0680. The highest BCUT2D eigenvalue weighted by molar-refractivity contribution is 6.06. The third-order valence-corrected chi connectivity index (χ3v) is 2.93. The van der Waals surface area contributed by atoms with Gasteiger partial charge in [-0.1, -0.05) is 0 Å². The van der Waals surface area contributed by atoms with Crippen LogP contribution in [0.25, 0.3) is 0 Å². The predicted molar refractivity (Wildman–Crippen MR) is 70.5 cm³/mol. The maximum absolute atomic E-state index is 11.9. The first-order chi connectivity index (χ1) is 8.88. The lowest BCUT2D eigenvalue weighted by atomic mass is 10.1.